The van der Waals surface area contributed by atoms with E-state index in [1.807, 2.05) is 0 Å². The fraction of sp³-hybridized carbons (Fsp3) is 0.467. The lowest BCUT2D eigenvalue weighted by Gasteiger charge is -2.34. The van der Waals surface area contributed by atoms with Gasteiger partial charge in [0.25, 0.3) is 0 Å². The number of nitrogens with zero attached hydrogens (tertiary/aromatic N) is 2. The van der Waals surface area contributed by atoms with Gasteiger partial charge in [-0.05, 0) is 37.6 Å². The van der Waals surface area contributed by atoms with Crippen LogP contribution in [0.25, 0.3) is 0 Å². The molecule has 120 valence electrons. The van der Waals surface area contributed by atoms with Gasteiger partial charge in [0.1, 0.15) is 5.82 Å². The second kappa shape index (κ2) is 7.11. The molecule has 0 spiro atoms. The van der Waals surface area contributed by atoms with E-state index >= 15 is 0 Å². The Hall–Kier alpha value is -2.31. The number of aryl methyl sites for hydroxylation is 1. The van der Waals surface area contributed by atoms with Crippen LogP contribution in [-0.2, 0) is 4.74 Å². The van der Waals surface area contributed by atoms with Crippen molar-refractivity contribution in [3.05, 3.63) is 29.6 Å². The molecule has 1 fully saturated rings. The van der Waals surface area contributed by atoms with E-state index in [1.54, 1.807) is 29.7 Å². The van der Waals surface area contributed by atoms with E-state index in [1.165, 1.54) is 12.1 Å². The highest BCUT2D eigenvalue weighted by molar-refractivity contribution is 5.89. The van der Waals surface area contributed by atoms with Crippen molar-refractivity contribution in [3.63, 3.8) is 0 Å². The monoisotopic (exact) mass is 309 g/mol. The van der Waals surface area contributed by atoms with Crippen LogP contribution in [0.3, 0.4) is 0 Å². The molecule has 1 aliphatic heterocycles. The first-order valence-electron chi connectivity index (χ1n) is 7.25. The molecule has 1 N–H and O–H groups in total. The highest BCUT2D eigenvalue weighted by atomic mass is 19.1. The van der Waals surface area contributed by atoms with Gasteiger partial charge in [0.15, 0.2) is 0 Å². The minimum absolute atomic E-state index is 0.255. The zero-order valence-electron chi connectivity index (χ0n) is 12.8. The fourth-order valence-electron chi connectivity index (χ4n) is 2.23. The topological polar surface area (TPSA) is 61.9 Å². The molecule has 0 aliphatic carbocycles. The summed E-state index contributed by atoms with van der Waals surface area (Å²) in [6.45, 7) is 5.48. The van der Waals surface area contributed by atoms with Crippen molar-refractivity contribution in [1.29, 1.82) is 0 Å². The van der Waals surface area contributed by atoms with Crippen molar-refractivity contribution in [2.24, 2.45) is 0 Å². The van der Waals surface area contributed by atoms with Gasteiger partial charge in [-0.1, -0.05) is 0 Å². The molecule has 0 saturated carbocycles. The predicted octanol–water partition coefficient (Wildman–Crippen LogP) is 2.44. The molecule has 0 unspecified atom stereocenters. The molecule has 0 atom stereocenters. The summed E-state index contributed by atoms with van der Waals surface area (Å²) < 4.78 is 18.1. The van der Waals surface area contributed by atoms with Crippen molar-refractivity contribution >= 4 is 17.8 Å². The molecule has 1 saturated heterocycles. The van der Waals surface area contributed by atoms with Gasteiger partial charge in [0.2, 0.25) is 0 Å². The molecule has 1 aliphatic rings. The Morgan fingerprint density at radius 2 is 1.86 bits per heavy atom. The van der Waals surface area contributed by atoms with Crippen LogP contribution in [-0.4, -0.2) is 54.7 Å². The standard InChI is InChI=1S/C15H20FN3O3/c1-3-22-15(21)19-8-6-18(7-9-19)14(20)17-12-4-5-13(16)11(2)10-12/h4-5,10H,3,6-9H2,1-2H3,(H,17,20). The van der Waals surface area contributed by atoms with Gasteiger partial charge in [-0.2, -0.15) is 0 Å². The van der Waals surface area contributed by atoms with Gasteiger partial charge in [0.05, 0.1) is 6.61 Å². The molecule has 1 aromatic rings. The highest BCUT2D eigenvalue weighted by Gasteiger charge is 2.24. The number of nitrogens with one attached hydrogen (secondary N) is 1. The van der Waals surface area contributed by atoms with Crippen molar-refractivity contribution in [2.75, 3.05) is 38.1 Å². The Labute approximate surface area is 128 Å². The predicted molar refractivity (Wildman–Crippen MR) is 80.3 cm³/mol. The molecule has 7 heteroatoms. The summed E-state index contributed by atoms with van der Waals surface area (Å²) >= 11 is 0. The maximum atomic E-state index is 13.2. The van der Waals surface area contributed by atoms with Crippen LogP contribution in [0.15, 0.2) is 18.2 Å². The quantitative estimate of drug-likeness (QED) is 0.912. The van der Waals surface area contributed by atoms with E-state index in [0.717, 1.165) is 0 Å². The Bertz CT molecular complexity index is 557. The minimum Gasteiger partial charge on any atom is -0.450 e. The van der Waals surface area contributed by atoms with E-state index in [2.05, 4.69) is 5.32 Å². The molecule has 0 bridgehead atoms. The number of amides is 3. The lowest BCUT2D eigenvalue weighted by molar-refractivity contribution is 0.0868. The third-order valence-electron chi connectivity index (χ3n) is 3.50. The summed E-state index contributed by atoms with van der Waals surface area (Å²) in [5.74, 6) is -0.305. The molecule has 1 aromatic carbocycles. The van der Waals surface area contributed by atoms with Gasteiger partial charge in [0, 0.05) is 31.9 Å². The summed E-state index contributed by atoms with van der Waals surface area (Å²) in [5, 5.41) is 2.73. The van der Waals surface area contributed by atoms with Crippen LogP contribution < -0.4 is 5.32 Å². The summed E-state index contributed by atoms with van der Waals surface area (Å²) in [7, 11) is 0. The number of rotatable bonds is 2. The molecule has 6 nitrogen and oxygen atoms in total. The number of hydrogen-bond acceptors (Lipinski definition) is 3. The summed E-state index contributed by atoms with van der Waals surface area (Å²) in [5.41, 5.74) is 1.03. The fourth-order valence-corrected chi connectivity index (χ4v) is 2.23. The average Bonchev–Trinajstić information content (AvgIpc) is 2.51. The molecule has 1 heterocycles. The average molecular weight is 309 g/mol. The number of anilines is 1. The highest BCUT2D eigenvalue weighted by Crippen LogP contribution is 2.15. The molecular formula is C15H20FN3O3. The number of piperazine rings is 1. The van der Waals surface area contributed by atoms with Crippen molar-refractivity contribution < 1.29 is 18.7 Å². The molecule has 22 heavy (non-hydrogen) atoms. The second-order valence-corrected chi connectivity index (χ2v) is 5.07. The number of carbonyl (C=O) groups excluding carboxylic acids is 2. The Balaban J connectivity index is 1.87. The van der Waals surface area contributed by atoms with Crippen molar-refractivity contribution in [2.45, 2.75) is 13.8 Å². The van der Waals surface area contributed by atoms with E-state index in [4.69, 9.17) is 4.74 Å². The smallest absolute Gasteiger partial charge is 0.409 e. The Morgan fingerprint density at radius 3 is 2.45 bits per heavy atom. The van der Waals surface area contributed by atoms with Gasteiger partial charge in [-0.15, -0.1) is 0 Å². The van der Waals surface area contributed by atoms with E-state index in [0.29, 0.717) is 44.0 Å². The molecule has 0 radical (unpaired) electrons. The van der Waals surface area contributed by atoms with Gasteiger partial charge < -0.3 is 19.9 Å². The Morgan fingerprint density at radius 1 is 1.23 bits per heavy atom. The lowest BCUT2D eigenvalue weighted by atomic mass is 10.2. The number of hydrogen-bond donors (Lipinski definition) is 1. The number of urea groups is 1. The maximum absolute atomic E-state index is 13.2. The van der Waals surface area contributed by atoms with Crippen molar-refractivity contribution in [1.82, 2.24) is 9.80 Å². The molecule has 3 amide bonds. The first kappa shape index (κ1) is 16.1. The zero-order valence-corrected chi connectivity index (χ0v) is 12.8. The second-order valence-electron chi connectivity index (χ2n) is 5.07. The van der Waals surface area contributed by atoms with Crippen LogP contribution in [0, 0.1) is 12.7 Å². The molecular weight excluding hydrogens is 289 g/mol. The van der Waals surface area contributed by atoms with Gasteiger partial charge in [-0.25, -0.2) is 14.0 Å². The number of ether oxygens (including phenoxy) is 1. The number of benzene rings is 1. The summed E-state index contributed by atoms with van der Waals surface area (Å²) in [4.78, 5) is 26.9. The summed E-state index contributed by atoms with van der Waals surface area (Å²) in [6, 6.07) is 4.18. The van der Waals surface area contributed by atoms with Crippen LogP contribution >= 0.6 is 0 Å². The van der Waals surface area contributed by atoms with Crippen LogP contribution in [0.1, 0.15) is 12.5 Å². The summed E-state index contributed by atoms with van der Waals surface area (Å²) in [6.07, 6.45) is -0.350. The third kappa shape index (κ3) is 3.87. The first-order chi connectivity index (χ1) is 10.5. The largest absolute Gasteiger partial charge is 0.450 e. The molecule has 2 rings (SSSR count). The van der Waals surface area contributed by atoms with Crippen LogP contribution in [0.5, 0.6) is 0 Å². The Kier molecular flexibility index (Phi) is 5.19. The van der Waals surface area contributed by atoms with E-state index in [9.17, 15) is 14.0 Å². The number of carbonyl (C=O) groups is 2. The first-order valence-corrected chi connectivity index (χ1v) is 7.25. The van der Waals surface area contributed by atoms with E-state index < -0.39 is 0 Å². The number of halogens is 1. The normalized spacial score (nSPS) is 14.7. The van der Waals surface area contributed by atoms with Crippen LogP contribution in [0.2, 0.25) is 0 Å². The van der Waals surface area contributed by atoms with Gasteiger partial charge in [-0.3, -0.25) is 0 Å². The van der Waals surface area contributed by atoms with E-state index in [-0.39, 0.29) is 17.9 Å². The minimum atomic E-state index is -0.350. The van der Waals surface area contributed by atoms with Crippen molar-refractivity contribution in [3.8, 4) is 0 Å². The lowest BCUT2D eigenvalue weighted by Crippen LogP contribution is -2.51. The molecule has 0 aromatic heterocycles. The van der Waals surface area contributed by atoms with Gasteiger partial charge >= 0.3 is 12.1 Å². The SMILES string of the molecule is CCOC(=O)N1CCN(C(=O)Nc2ccc(F)c(C)c2)CC1. The van der Waals surface area contributed by atoms with Crippen LogP contribution in [0.4, 0.5) is 19.7 Å². The zero-order chi connectivity index (χ0) is 16.1. The third-order valence-corrected chi connectivity index (χ3v) is 3.50. The maximum Gasteiger partial charge on any atom is 0.409 e.